The predicted molar refractivity (Wildman–Crippen MR) is 66.3 cm³/mol. The summed E-state index contributed by atoms with van der Waals surface area (Å²) >= 11 is 1.62. The third kappa shape index (κ3) is 2.56. The van der Waals surface area contributed by atoms with Crippen molar-refractivity contribution in [1.82, 2.24) is 9.97 Å². The van der Waals surface area contributed by atoms with Gasteiger partial charge in [0.05, 0.1) is 5.69 Å². The van der Waals surface area contributed by atoms with E-state index in [0.29, 0.717) is 6.54 Å². The lowest BCUT2D eigenvalue weighted by Gasteiger charge is -2.15. The zero-order valence-electron chi connectivity index (χ0n) is 9.13. The van der Waals surface area contributed by atoms with Crippen LogP contribution < -0.4 is 10.6 Å². The van der Waals surface area contributed by atoms with Crippen molar-refractivity contribution in [3.05, 3.63) is 41.2 Å². The number of nitrogens with two attached hydrogens (primary N) is 1. The first-order valence-electron chi connectivity index (χ1n) is 5.04. The lowest BCUT2D eigenvalue weighted by atomic mass is 10.3. The van der Waals surface area contributed by atoms with Crippen molar-refractivity contribution in [3.63, 3.8) is 0 Å². The summed E-state index contributed by atoms with van der Waals surface area (Å²) in [5.74, 6) is 0. The number of hydrogen-bond donors (Lipinski definition) is 1. The Morgan fingerprint density at radius 3 is 3.00 bits per heavy atom. The van der Waals surface area contributed by atoms with Crippen LogP contribution in [0.4, 0.5) is 5.13 Å². The van der Waals surface area contributed by atoms with Gasteiger partial charge in [-0.2, -0.15) is 0 Å². The first kappa shape index (κ1) is 11.0. The second-order valence-corrected chi connectivity index (χ2v) is 4.38. The Labute approximate surface area is 98.8 Å². The smallest absolute Gasteiger partial charge is 0.185 e. The van der Waals surface area contributed by atoms with Gasteiger partial charge >= 0.3 is 0 Å². The molecule has 0 saturated carbocycles. The van der Waals surface area contributed by atoms with Crippen LogP contribution in [0.15, 0.2) is 29.9 Å². The molecule has 0 spiro atoms. The molecule has 2 heterocycles. The first-order chi connectivity index (χ1) is 7.79. The van der Waals surface area contributed by atoms with E-state index in [1.54, 1.807) is 17.5 Å². The number of nitrogens with zero attached hydrogens (tertiary/aromatic N) is 3. The molecule has 0 aliphatic rings. The van der Waals surface area contributed by atoms with Crippen LogP contribution in [0, 0.1) is 0 Å². The van der Waals surface area contributed by atoms with Gasteiger partial charge in [-0.3, -0.25) is 4.98 Å². The largest absolute Gasteiger partial charge is 0.347 e. The van der Waals surface area contributed by atoms with Crippen molar-refractivity contribution in [2.75, 3.05) is 11.9 Å². The van der Waals surface area contributed by atoms with Crippen molar-refractivity contribution < 1.29 is 0 Å². The van der Waals surface area contributed by atoms with Crippen molar-refractivity contribution >= 4 is 16.5 Å². The van der Waals surface area contributed by atoms with Crippen LogP contribution in [0.25, 0.3) is 0 Å². The van der Waals surface area contributed by atoms with Crippen LogP contribution in [0.5, 0.6) is 0 Å². The summed E-state index contributed by atoms with van der Waals surface area (Å²) in [6, 6.07) is 4.00. The van der Waals surface area contributed by atoms with E-state index in [4.69, 9.17) is 5.73 Å². The molecule has 2 aromatic rings. The minimum absolute atomic E-state index is 0.497. The Kier molecular flexibility index (Phi) is 3.48. The Bertz CT molecular complexity index is 440. The van der Waals surface area contributed by atoms with Crippen molar-refractivity contribution in [2.24, 2.45) is 5.73 Å². The Morgan fingerprint density at radius 1 is 1.50 bits per heavy atom. The summed E-state index contributed by atoms with van der Waals surface area (Å²) in [7, 11) is 2.02. The first-order valence-corrected chi connectivity index (χ1v) is 5.92. The standard InChI is InChI=1S/C11H14N4S/c1-15(7-9-3-2-4-13-6-9)11-14-10(5-12)8-16-11/h2-4,6,8H,5,7,12H2,1H3. The Balaban J connectivity index is 2.05. The molecule has 0 aromatic carbocycles. The van der Waals surface area contributed by atoms with E-state index >= 15 is 0 Å². The average molecular weight is 234 g/mol. The average Bonchev–Trinajstić information content (AvgIpc) is 2.79. The number of anilines is 1. The molecule has 16 heavy (non-hydrogen) atoms. The van der Waals surface area contributed by atoms with Gasteiger partial charge in [0.15, 0.2) is 5.13 Å². The lowest BCUT2D eigenvalue weighted by molar-refractivity contribution is 0.894. The third-order valence-electron chi connectivity index (χ3n) is 2.22. The molecule has 2 rings (SSSR count). The van der Waals surface area contributed by atoms with E-state index in [-0.39, 0.29) is 0 Å². The van der Waals surface area contributed by atoms with Crippen LogP contribution in [-0.4, -0.2) is 17.0 Å². The molecule has 0 saturated heterocycles. The van der Waals surface area contributed by atoms with Crippen LogP contribution >= 0.6 is 11.3 Å². The highest BCUT2D eigenvalue weighted by molar-refractivity contribution is 7.13. The van der Waals surface area contributed by atoms with Gasteiger partial charge in [0, 0.05) is 37.9 Å². The van der Waals surface area contributed by atoms with Crippen LogP contribution in [0.2, 0.25) is 0 Å². The molecule has 0 atom stereocenters. The molecule has 0 unspecified atom stereocenters. The van der Waals surface area contributed by atoms with Gasteiger partial charge in [-0.05, 0) is 11.6 Å². The molecule has 0 amide bonds. The number of rotatable bonds is 4. The van der Waals surface area contributed by atoms with Crippen LogP contribution in [0.1, 0.15) is 11.3 Å². The van der Waals surface area contributed by atoms with Gasteiger partial charge in [0.2, 0.25) is 0 Å². The molecule has 0 aliphatic heterocycles. The fourth-order valence-electron chi connectivity index (χ4n) is 1.40. The summed E-state index contributed by atoms with van der Waals surface area (Å²) < 4.78 is 0. The van der Waals surface area contributed by atoms with Crippen LogP contribution in [-0.2, 0) is 13.1 Å². The summed E-state index contributed by atoms with van der Waals surface area (Å²) in [5.41, 5.74) is 7.65. The maximum absolute atomic E-state index is 5.53. The van der Waals surface area contributed by atoms with E-state index in [1.807, 2.05) is 24.7 Å². The lowest BCUT2D eigenvalue weighted by Crippen LogP contribution is -2.16. The summed E-state index contributed by atoms with van der Waals surface area (Å²) in [5, 5.41) is 2.99. The molecule has 2 aromatic heterocycles. The predicted octanol–water partition coefficient (Wildman–Crippen LogP) is 1.63. The van der Waals surface area contributed by atoms with Crippen molar-refractivity contribution in [3.8, 4) is 0 Å². The second kappa shape index (κ2) is 5.05. The second-order valence-electron chi connectivity index (χ2n) is 3.54. The van der Waals surface area contributed by atoms with E-state index in [0.717, 1.165) is 17.4 Å². The minimum atomic E-state index is 0.497. The highest BCUT2D eigenvalue weighted by Gasteiger charge is 2.06. The molecule has 84 valence electrons. The van der Waals surface area contributed by atoms with E-state index in [2.05, 4.69) is 20.9 Å². The molecule has 5 heteroatoms. The number of pyridine rings is 1. The SMILES string of the molecule is CN(Cc1cccnc1)c1nc(CN)cs1. The molecule has 0 radical (unpaired) electrons. The number of aromatic nitrogens is 2. The highest BCUT2D eigenvalue weighted by Crippen LogP contribution is 2.20. The molecule has 4 nitrogen and oxygen atoms in total. The van der Waals surface area contributed by atoms with E-state index in [9.17, 15) is 0 Å². The zero-order chi connectivity index (χ0) is 11.4. The van der Waals surface area contributed by atoms with Gasteiger partial charge in [-0.1, -0.05) is 6.07 Å². The number of thiazole rings is 1. The van der Waals surface area contributed by atoms with Crippen LogP contribution in [0.3, 0.4) is 0 Å². The molecular weight excluding hydrogens is 220 g/mol. The molecule has 2 N–H and O–H groups in total. The highest BCUT2D eigenvalue weighted by atomic mass is 32.1. The molecule has 0 bridgehead atoms. The maximum atomic E-state index is 5.53. The zero-order valence-corrected chi connectivity index (χ0v) is 9.94. The molecule has 0 fully saturated rings. The number of hydrogen-bond acceptors (Lipinski definition) is 5. The minimum Gasteiger partial charge on any atom is -0.347 e. The van der Waals surface area contributed by atoms with Gasteiger partial charge in [0.1, 0.15) is 0 Å². The fourth-order valence-corrected chi connectivity index (χ4v) is 2.20. The maximum Gasteiger partial charge on any atom is 0.185 e. The Hall–Kier alpha value is -1.46. The summed E-state index contributed by atoms with van der Waals surface area (Å²) in [6.07, 6.45) is 3.65. The van der Waals surface area contributed by atoms with Crippen molar-refractivity contribution in [2.45, 2.75) is 13.1 Å². The summed E-state index contributed by atoms with van der Waals surface area (Å²) in [4.78, 5) is 10.6. The van der Waals surface area contributed by atoms with Gasteiger partial charge in [-0.15, -0.1) is 11.3 Å². The van der Waals surface area contributed by atoms with E-state index < -0.39 is 0 Å². The van der Waals surface area contributed by atoms with Crippen molar-refractivity contribution in [1.29, 1.82) is 0 Å². The van der Waals surface area contributed by atoms with E-state index in [1.165, 1.54) is 5.56 Å². The normalized spacial score (nSPS) is 10.4. The Morgan fingerprint density at radius 2 is 2.38 bits per heavy atom. The molecular formula is C11H14N4S. The third-order valence-corrected chi connectivity index (χ3v) is 3.22. The quantitative estimate of drug-likeness (QED) is 0.873. The fraction of sp³-hybridized carbons (Fsp3) is 0.273. The van der Waals surface area contributed by atoms with Gasteiger partial charge in [-0.25, -0.2) is 4.98 Å². The van der Waals surface area contributed by atoms with Gasteiger partial charge < -0.3 is 10.6 Å². The topological polar surface area (TPSA) is 55.0 Å². The molecule has 0 aliphatic carbocycles. The summed E-state index contributed by atoms with van der Waals surface area (Å²) in [6.45, 7) is 1.31. The van der Waals surface area contributed by atoms with Gasteiger partial charge in [0.25, 0.3) is 0 Å². The monoisotopic (exact) mass is 234 g/mol.